The third-order valence-corrected chi connectivity index (χ3v) is 7.22. The van der Waals surface area contributed by atoms with Crippen LogP contribution >= 0.6 is 0 Å². The first-order chi connectivity index (χ1) is 13.8. The second kappa shape index (κ2) is 9.02. The molecule has 0 bridgehead atoms. The van der Waals surface area contributed by atoms with Gasteiger partial charge in [0.2, 0.25) is 15.9 Å². The topological polar surface area (TPSA) is 69.7 Å². The Morgan fingerprint density at radius 1 is 0.966 bits per heavy atom. The number of hydrogen-bond acceptors (Lipinski definition) is 4. The average molecular weight is 420 g/mol. The van der Waals surface area contributed by atoms with Crippen molar-refractivity contribution in [1.29, 1.82) is 0 Å². The molecular weight excluding hydrogens is 393 g/mol. The monoisotopic (exact) mass is 419 g/mol. The van der Waals surface area contributed by atoms with Gasteiger partial charge in [0, 0.05) is 26.2 Å². The largest absolute Gasteiger partial charge is 0.348 e. The summed E-state index contributed by atoms with van der Waals surface area (Å²) >= 11 is 0. The van der Waals surface area contributed by atoms with E-state index in [4.69, 9.17) is 0 Å². The van der Waals surface area contributed by atoms with Crippen LogP contribution in [0.25, 0.3) is 0 Å². The van der Waals surface area contributed by atoms with Gasteiger partial charge in [0.1, 0.15) is 5.82 Å². The Kier molecular flexibility index (Phi) is 6.66. The van der Waals surface area contributed by atoms with Crippen molar-refractivity contribution in [3.63, 3.8) is 0 Å². The molecule has 6 nitrogen and oxygen atoms in total. The Hall–Kier alpha value is -2.29. The molecule has 1 amide bonds. The normalized spacial score (nSPS) is 18.2. The Morgan fingerprint density at radius 2 is 1.55 bits per heavy atom. The van der Waals surface area contributed by atoms with Crippen molar-refractivity contribution in [3.05, 3.63) is 66.0 Å². The number of rotatable bonds is 6. The molecule has 2 aromatic carbocycles. The molecule has 1 N–H and O–H groups in total. The van der Waals surface area contributed by atoms with Crippen molar-refractivity contribution in [2.24, 2.45) is 0 Å². The molecule has 1 aliphatic heterocycles. The summed E-state index contributed by atoms with van der Waals surface area (Å²) in [6.07, 6.45) is 0. The fourth-order valence-electron chi connectivity index (χ4n) is 3.41. The van der Waals surface area contributed by atoms with Gasteiger partial charge in [0.05, 0.1) is 17.0 Å². The maximum absolute atomic E-state index is 13.1. The first kappa shape index (κ1) is 21.4. The molecule has 8 heteroatoms. The number of hydrogen-bond donors (Lipinski definition) is 1. The molecule has 29 heavy (non-hydrogen) atoms. The molecule has 0 aromatic heterocycles. The molecule has 3 rings (SSSR count). The fraction of sp³-hybridized carbons (Fsp3) is 0.381. The number of benzene rings is 2. The average Bonchev–Trinajstić information content (AvgIpc) is 2.74. The predicted molar refractivity (Wildman–Crippen MR) is 109 cm³/mol. The molecule has 0 aliphatic carbocycles. The predicted octanol–water partition coefficient (Wildman–Crippen LogP) is 2.40. The quantitative estimate of drug-likeness (QED) is 0.781. The molecule has 0 saturated carbocycles. The zero-order valence-electron chi connectivity index (χ0n) is 16.6. The summed E-state index contributed by atoms with van der Waals surface area (Å²) in [6.45, 7) is 5.24. The van der Waals surface area contributed by atoms with Crippen molar-refractivity contribution in [1.82, 2.24) is 14.5 Å². The van der Waals surface area contributed by atoms with Crippen molar-refractivity contribution < 1.29 is 17.6 Å². The van der Waals surface area contributed by atoms with Crippen LogP contribution < -0.4 is 5.32 Å². The van der Waals surface area contributed by atoms with Gasteiger partial charge in [-0.15, -0.1) is 0 Å². The van der Waals surface area contributed by atoms with Crippen LogP contribution in [0.3, 0.4) is 0 Å². The van der Waals surface area contributed by atoms with Crippen LogP contribution in [0, 0.1) is 5.82 Å². The highest BCUT2D eigenvalue weighted by Gasteiger charge is 2.32. The summed E-state index contributed by atoms with van der Waals surface area (Å²) in [5.74, 6) is -0.561. The molecular formula is C21H26FN3O3S. The van der Waals surface area contributed by atoms with E-state index >= 15 is 0 Å². The molecule has 1 saturated heterocycles. The number of amides is 1. The number of halogens is 1. The molecule has 1 fully saturated rings. The van der Waals surface area contributed by atoms with Gasteiger partial charge in [-0.1, -0.05) is 30.3 Å². The lowest BCUT2D eigenvalue weighted by Gasteiger charge is -2.37. The standard InChI is InChI=1S/C21H26FN3O3S/c1-16(18-6-4-3-5-7-18)23-21(26)17(2)24-12-14-25(15-13-24)29(27,28)20-10-8-19(22)9-11-20/h3-11,16-17H,12-15H2,1-2H3,(H,23,26)/t16-,17-/m0/s1. The Morgan fingerprint density at radius 3 is 2.14 bits per heavy atom. The second-order valence-corrected chi connectivity index (χ2v) is 9.15. The molecule has 1 aliphatic rings. The lowest BCUT2D eigenvalue weighted by atomic mass is 10.1. The summed E-state index contributed by atoms with van der Waals surface area (Å²) < 4.78 is 39.9. The number of carbonyl (C=O) groups is 1. The van der Waals surface area contributed by atoms with Crippen LogP contribution in [0.1, 0.15) is 25.5 Å². The minimum atomic E-state index is -3.66. The third kappa shape index (κ3) is 5.01. The van der Waals surface area contributed by atoms with Gasteiger partial charge in [0.25, 0.3) is 0 Å². The summed E-state index contributed by atoms with van der Waals surface area (Å²) in [6, 6.07) is 14.1. The lowest BCUT2D eigenvalue weighted by molar-refractivity contribution is -0.127. The minimum Gasteiger partial charge on any atom is -0.348 e. The van der Waals surface area contributed by atoms with Crippen molar-refractivity contribution in [2.45, 2.75) is 30.8 Å². The van der Waals surface area contributed by atoms with Gasteiger partial charge in [-0.3, -0.25) is 9.69 Å². The van der Waals surface area contributed by atoms with Crippen molar-refractivity contribution >= 4 is 15.9 Å². The molecule has 0 radical (unpaired) electrons. The van der Waals surface area contributed by atoms with Crippen molar-refractivity contribution in [3.8, 4) is 0 Å². The number of carbonyl (C=O) groups excluding carboxylic acids is 1. The Bertz CT molecular complexity index is 927. The van der Waals surface area contributed by atoms with E-state index in [1.165, 1.54) is 16.4 Å². The SMILES string of the molecule is C[C@H](NC(=O)[C@H](C)N1CCN(S(=O)(=O)c2ccc(F)cc2)CC1)c1ccccc1. The fourth-order valence-corrected chi connectivity index (χ4v) is 4.83. The number of nitrogens with zero attached hydrogens (tertiary/aromatic N) is 2. The zero-order chi connectivity index (χ0) is 21.0. The van der Waals surface area contributed by atoms with E-state index in [0.29, 0.717) is 13.1 Å². The first-order valence-corrected chi connectivity index (χ1v) is 11.1. The van der Waals surface area contributed by atoms with Gasteiger partial charge in [-0.05, 0) is 43.7 Å². The summed E-state index contributed by atoms with van der Waals surface area (Å²) in [7, 11) is -3.66. The van der Waals surface area contributed by atoms with Crippen LogP contribution in [0.2, 0.25) is 0 Å². The first-order valence-electron chi connectivity index (χ1n) is 9.64. The lowest BCUT2D eigenvalue weighted by Crippen LogP contribution is -2.55. The number of nitrogens with one attached hydrogen (secondary N) is 1. The summed E-state index contributed by atoms with van der Waals surface area (Å²) in [5.41, 5.74) is 1.03. The maximum atomic E-state index is 13.1. The van der Waals surface area contributed by atoms with Crippen LogP contribution in [-0.2, 0) is 14.8 Å². The van der Waals surface area contributed by atoms with Crippen molar-refractivity contribution in [2.75, 3.05) is 26.2 Å². The van der Waals surface area contributed by atoms with Crippen LogP contribution in [0.5, 0.6) is 0 Å². The molecule has 2 aromatic rings. The third-order valence-electron chi connectivity index (χ3n) is 5.31. The highest BCUT2D eigenvalue weighted by Crippen LogP contribution is 2.19. The molecule has 0 unspecified atom stereocenters. The van der Waals surface area contributed by atoms with E-state index in [9.17, 15) is 17.6 Å². The van der Waals surface area contributed by atoms with Crippen LogP contribution in [-0.4, -0.2) is 55.8 Å². The number of piperazine rings is 1. The molecule has 156 valence electrons. The van der Waals surface area contributed by atoms with Gasteiger partial charge >= 0.3 is 0 Å². The minimum absolute atomic E-state index is 0.0785. The van der Waals surface area contributed by atoms with E-state index in [0.717, 1.165) is 17.7 Å². The highest BCUT2D eigenvalue weighted by atomic mass is 32.2. The van der Waals surface area contributed by atoms with Crippen LogP contribution in [0.4, 0.5) is 4.39 Å². The van der Waals surface area contributed by atoms with E-state index in [2.05, 4.69) is 5.32 Å². The highest BCUT2D eigenvalue weighted by molar-refractivity contribution is 7.89. The molecule has 0 spiro atoms. The number of sulfonamides is 1. The van der Waals surface area contributed by atoms with Gasteiger partial charge in [-0.25, -0.2) is 12.8 Å². The Labute approximate surface area is 171 Å². The summed E-state index contributed by atoms with van der Waals surface area (Å²) in [5, 5.41) is 3.02. The summed E-state index contributed by atoms with van der Waals surface area (Å²) in [4.78, 5) is 14.7. The van der Waals surface area contributed by atoms with Gasteiger partial charge < -0.3 is 5.32 Å². The van der Waals surface area contributed by atoms with Gasteiger partial charge in [0.15, 0.2) is 0 Å². The Balaban J connectivity index is 1.57. The second-order valence-electron chi connectivity index (χ2n) is 7.21. The van der Waals surface area contributed by atoms with Crippen LogP contribution in [0.15, 0.2) is 59.5 Å². The zero-order valence-corrected chi connectivity index (χ0v) is 17.4. The van der Waals surface area contributed by atoms with E-state index < -0.39 is 15.8 Å². The molecule has 1 heterocycles. The molecule has 2 atom stereocenters. The van der Waals surface area contributed by atoms with E-state index in [1.54, 1.807) is 0 Å². The van der Waals surface area contributed by atoms with Gasteiger partial charge in [-0.2, -0.15) is 4.31 Å². The van der Waals surface area contributed by atoms with E-state index in [-0.39, 0.29) is 36.0 Å². The maximum Gasteiger partial charge on any atom is 0.243 e. The van der Waals surface area contributed by atoms with E-state index in [1.807, 2.05) is 49.1 Å². The smallest absolute Gasteiger partial charge is 0.243 e.